The van der Waals surface area contributed by atoms with E-state index in [9.17, 15) is 14.4 Å². The number of urea groups is 1. The van der Waals surface area contributed by atoms with Crippen LogP contribution in [0.1, 0.15) is 46.9 Å². The van der Waals surface area contributed by atoms with E-state index in [0.29, 0.717) is 34.4 Å². The number of hydrogen-bond acceptors (Lipinski definition) is 7. The molecule has 3 aromatic rings. The smallest absolute Gasteiger partial charge is 0.339 e. The minimum Gasteiger partial charge on any atom is -0.454 e. The fraction of sp³-hybridized carbons (Fsp3) is 0.231. The Bertz CT molecular complexity index is 1400. The number of rotatable bonds is 4. The van der Waals surface area contributed by atoms with Crippen LogP contribution in [0.4, 0.5) is 4.79 Å². The Kier molecular flexibility index (Phi) is 5.82. The number of carbonyl (C=O) groups excluding carboxylic acids is 3. The van der Waals surface area contributed by atoms with Crippen LogP contribution in [-0.4, -0.2) is 35.8 Å². The molecule has 3 N–H and O–H groups in total. The first-order valence-electron chi connectivity index (χ1n) is 11.2. The summed E-state index contributed by atoms with van der Waals surface area (Å²) in [5.41, 5.74) is 9.46. The lowest BCUT2D eigenvalue weighted by Crippen LogP contribution is -2.42. The summed E-state index contributed by atoms with van der Waals surface area (Å²) in [7, 11) is 0. The van der Waals surface area contributed by atoms with Crippen molar-refractivity contribution in [1.82, 2.24) is 10.3 Å². The van der Waals surface area contributed by atoms with Gasteiger partial charge in [-0.05, 0) is 67.2 Å². The Hall–Kier alpha value is -4.40. The number of nitrogens with zero attached hydrogens (tertiary/aromatic N) is 1. The first kappa shape index (κ1) is 22.4. The van der Waals surface area contributed by atoms with Gasteiger partial charge >= 0.3 is 12.0 Å². The number of esters is 1. The van der Waals surface area contributed by atoms with Crippen LogP contribution in [0.2, 0.25) is 0 Å². The predicted octanol–water partition coefficient (Wildman–Crippen LogP) is 3.58. The fourth-order valence-corrected chi connectivity index (χ4v) is 4.41. The summed E-state index contributed by atoms with van der Waals surface area (Å²) < 4.78 is 16.3. The average Bonchev–Trinajstić information content (AvgIpc) is 3.30. The molecule has 5 rings (SSSR count). The number of nitrogens with two attached hydrogens (primary N) is 1. The van der Waals surface area contributed by atoms with Crippen LogP contribution in [0.5, 0.6) is 11.5 Å². The number of allylic oxidation sites excluding steroid dienone is 1. The Morgan fingerprint density at radius 2 is 1.91 bits per heavy atom. The molecule has 1 atom stereocenters. The summed E-state index contributed by atoms with van der Waals surface area (Å²) in [6.07, 6.45) is 3.09. The molecule has 0 radical (unpaired) electrons. The van der Waals surface area contributed by atoms with Crippen LogP contribution in [0, 0.1) is 0 Å². The molecular formula is C26H23N3O6. The van der Waals surface area contributed by atoms with Crippen molar-refractivity contribution in [1.29, 1.82) is 0 Å². The zero-order valence-electron chi connectivity index (χ0n) is 19.0. The molecule has 0 saturated carbocycles. The molecule has 1 aromatic heterocycles. The summed E-state index contributed by atoms with van der Waals surface area (Å²) in [5.74, 6) is -0.0491. The summed E-state index contributed by atoms with van der Waals surface area (Å²) >= 11 is 0. The van der Waals surface area contributed by atoms with Crippen molar-refractivity contribution in [3.05, 3.63) is 64.8 Å². The van der Waals surface area contributed by atoms with E-state index in [1.54, 1.807) is 0 Å². The van der Waals surface area contributed by atoms with Gasteiger partial charge in [0, 0.05) is 5.39 Å². The average molecular weight is 473 g/mol. The second kappa shape index (κ2) is 9.09. The Morgan fingerprint density at radius 1 is 1.11 bits per heavy atom. The minimum absolute atomic E-state index is 0.201. The molecule has 35 heavy (non-hydrogen) atoms. The molecule has 1 unspecified atom stereocenters. The van der Waals surface area contributed by atoms with E-state index in [4.69, 9.17) is 24.9 Å². The number of nitrogens with one attached hydrogen (secondary N) is 1. The Balaban J connectivity index is 1.56. The van der Waals surface area contributed by atoms with Crippen LogP contribution < -0.4 is 20.5 Å². The third-order valence-electron chi connectivity index (χ3n) is 6.01. The van der Waals surface area contributed by atoms with Gasteiger partial charge in [0.2, 0.25) is 6.79 Å². The van der Waals surface area contributed by atoms with Crippen LogP contribution in [-0.2, 0) is 16.0 Å². The molecule has 0 spiro atoms. The van der Waals surface area contributed by atoms with Gasteiger partial charge < -0.3 is 19.9 Å². The molecule has 2 heterocycles. The number of aromatic nitrogens is 1. The van der Waals surface area contributed by atoms with Gasteiger partial charge in [-0.15, -0.1) is 0 Å². The molecule has 2 aliphatic rings. The van der Waals surface area contributed by atoms with Crippen molar-refractivity contribution in [3.8, 4) is 11.5 Å². The van der Waals surface area contributed by atoms with E-state index < -0.39 is 24.0 Å². The summed E-state index contributed by atoms with van der Waals surface area (Å²) in [4.78, 5) is 41.3. The number of benzene rings is 2. The number of imide groups is 1. The maximum atomic E-state index is 13.3. The van der Waals surface area contributed by atoms with E-state index >= 15 is 0 Å². The number of primary amides is 1. The molecule has 0 saturated heterocycles. The van der Waals surface area contributed by atoms with Gasteiger partial charge in [-0.3, -0.25) is 10.1 Å². The molecule has 2 aromatic carbocycles. The highest BCUT2D eigenvalue weighted by atomic mass is 16.7. The molecule has 9 heteroatoms. The standard InChI is InChI=1S/C26H23N3O6/c1-14(24(30)29-26(27)32)35-25(31)22-17-6-2-3-8-19(17)28-23-16(5-4-7-18(22)23)11-15-9-10-20-21(12-15)34-13-33-20/h2-3,6,8-12,14H,4-5,7,13H2,1H3,(H3,27,29,30,32)/b16-11-. The van der Waals surface area contributed by atoms with Crippen LogP contribution in [0.3, 0.4) is 0 Å². The van der Waals surface area contributed by atoms with Crippen molar-refractivity contribution in [2.24, 2.45) is 5.73 Å². The molecular weight excluding hydrogens is 450 g/mol. The largest absolute Gasteiger partial charge is 0.454 e. The molecule has 0 bridgehead atoms. The van der Waals surface area contributed by atoms with E-state index in [2.05, 4.69) is 0 Å². The number of ether oxygens (including phenoxy) is 3. The zero-order chi connectivity index (χ0) is 24.5. The maximum Gasteiger partial charge on any atom is 0.339 e. The van der Waals surface area contributed by atoms with E-state index in [-0.39, 0.29) is 6.79 Å². The number of amides is 3. The molecule has 1 aliphatic carbocycles. The van der Waals surface area contributed by atoms with Crippen molar-refractivity contribution >= 4 is 40.5 Å². The summed E-state index contributed by atoms with van der Waals surface area (Å²) in [6.45, 7) is 1.59. The third-order valence-corrected chi connectivity index (χ3v) is 6.01. The second-order valence-electron chi connectivity index (χ2n) is 8.37. The Morgan fingerprint density at radius 3 is 2.74 bits per heavy atom. The van der Waals surface area contributed by atoms with Gasteiger partial charge in [-0.25, -0.2) is 14.6 Å². The predicted molar refractivity (Wildman–Crippen MR) is 128 cm³/mol. The molecule has 1 aliphatic heterocycles. The second-order valence-corrected chi connectivity index (χ2v) is 8.37. The quantitative estimate of drug-likeness (QED) is 0.554. The lowest BCUT2D eigenvalue weighted by atomic mass is 9.86. The van der Waals surface area contributed by atoms with Crippen LogP contribution in [0.15, 0.2) is 42.5 Å². The van der Waals surface area contributed by atoms with Gasteiger partial charge in [0.05, 0.1) is 16.8 Å². The monoisotopic (exact) mass is 473 g/mol. The number of carbonyl (C=O) groups is 3. The van der Waals surface area contributed by atoms with E-state index in [1.807, 2.05) is 53.9 Å². The van der Waals surface area contributed by atoms with Gasteiger partial charge in [-0.1, -0.05) is 24.3 Å². The van der Waals surface area contributed by atoms with Gasteiger partial charge in [0.25, 0.3) is 5.91 Å². The van der Waals surface area contributed by atoms with E-state index in [0.717, 1.165) is 35.2 Å². The fourth-order valence-electron chi connectivity index (χ4n) is 4.41. The van der Waals surface area contributed by atoms with Gasteiger partial charge in [0.1, 0.15) is 0 Å². The van der Waals surface area contributed by atoms with Crippen molar-refractivity contribution in [2.75, 3.05) is 6.79 Å². The van der Waals surface area contributed by atoms with Crippen LogP contribution >= 0.6 is 0 Å². The zero-order valence-corrected chi connectivity index (χ0v) is 19.0. The van der Waals surface area contributed by atoms with Gasteiger partial charge in [0.15, 0.2) is 17.6 Å². The molecule has 178 valence electrons. The van der Waals surface area contributed by atoms with Crippen molar-refractivity contribution in [2.45, 2.75) is 32.3 Å². The van der Waals surface area contributed by atoms with Crippen LogP contribution in [0.25, 0.3) is 22.6 Å². The van der Waals surface area contributed by atoms with Crippen molar-refractivity contribution < 1.29 is 28.6 Å². The summed E-state index contributed by atoms with van der Waals surface area (Å²) in [5, 5.41) is 2.57. The maximum absolute atomic E-state index is 13.3. The highest BCUT2D eigenvalue weighted by Crippen LogP contribution is 2.38. The highest BCUT2D eigenvalue weighted by Gasteiger charge is 2.28. The number of hydrogen-bond donors (Lipinski definition) is 2. The molecule has 9 nitrogen and oxygen atoms in total. The topological polar surface area (TPSA) is 130 Å². The first-order chi connectivity index (χ1) is 16.9. The summed E-state index contributed by atoms with van der Waals surface area (Å²) in [6, 6.07) is 12.0. The SMILES string of the molecule is CC(OC(=O)c1c2c(nc3ccccc13)/C(=C\c1ccc3c(c1)OCO3)CCC2)C(=O)NC(N)=O. The highest BCUT2D eigenvalue weighted by molar-refractivity contribution is 6.07. The van der Waals surface area contributed by atoms with E-state index in [1.165, 1.54) is 6.92 Å². The molecule has 3 amide bonds. The first-order valence-corrected chi connectivity index (χ1v) is 11.2. The number of fused-ring (bicyclic) bond motifs is 3. The minimum atomic E-state index is -1.20. The normalized spacial score (nSPS) is 16.0. The third kappa shape index (κ3) is 4.40. The van der Waals surface area contributed by atoms with Crippen molar-refractivity contribution in [3.63, 3.8) is 0 Å². The lowest BCUT2D eigenvalue weighted by molar-refractivity contribution is -0.127. The lowest BCUT2D eigenvalue weighted by Gasteiger charge is -2.23. The number of para-hydroxylation sites is 1. The van der Waals surface area contributed by atoms with Gasteiger partial charge in [-0.2, -0.15) is 0 Å². The Labute approximate surface area is 200 Å². The molecule has 0 fully saturated rings. The number of pyridine rings is 1.